The van der Waals surface area contributed by atoms with Crippen LogP contribution < -0.4 is 5.73 Å². The Morgan fingerprint density at radius 1 is 1.78 bits per heavy atom. The Kier molecular flexibility index (Phi) is 1.53. The molecule has 0 fully saturated rings. The van der Waals surface area contributed by atoms with Crippen molar-refractivity contribution in [2.75, 3.05) is 0 Å². The van der Waals surface area contributed by atoms with Crippen LogP contribution in [0.5, 0.6) is 0 Å². The van der Waals surface area contributed by atoms with E-state index < -0.39 is 0 Å². The van der Waals surface area contributed by atoms with Gasteiger partial charge in [-0.25, -0.2) is 0 Å². The van der Waals surface area contributed by atoms with Crippen LogP contribution in [-0.2, 0) is 13.6 Å². The molecule has 3 heteroatoms. The molecule has 2 N–H and O–H groups in total. The predicted molar refractivity (Wildman–Crippen MR) is 35.8 cm³/mol. The first-order chi connectivity index (χ1) is 4.24. The van der Waals surface area contributed by atoms with Crippen molar-refractivity contribution in [1.29, 1.82) is 0 Å². The zero-order valence-corrected chi connectivity index (χ0v) is 5.76. The molecule has 0 aliphatic rings. The van der Waals surface area contributed by atoms with Crippen molar-refractivity contribution < 1.29 is 0 Å². The molecule has 1 aromatic heterocycles. The van der Waals surface area contributed by atoms with Crippen LogP contribution in [0.3, 0.4) is 0 Å². The highest BCUT2D eigenvalue weighted by Gasteiger charge is 1.95. The minimum atomic E-state index is 0.529. The van der Waals surface area contributed by atoms with Gasteiger partial charge in [0.15, 0.2) is 0 Å². The van der Waals surface area contributed by atoms with Crippen molar-refractivity contribution >= 4 is 0 Å². The summed E-state index contributed by atoms with van der Waals surface area (Å²) in [4.78, 5) is 0. The molecule has 0 unspecified atom stereocenters. The van der Waals surface area contributed by atoms with Crippen LogP contribution in [0.2, 0.25) is 0 Å². The second-order valence-corrected chi connectivity index (χ2v) is 2.10. The van der Waals surface area contributed by atoms with Crippen molar-refractivity contribution in [3.8, 4) is 0 Å². The van der Waals surface area contributed by atoms with E-state index in [0.717, 1.165) is 11.4 Å². The van der Waals surface area contributed by atoms with E-state index in [4.69, 9.17) is 5.73 Å². The molecule has 3 nitrogen and oxygen atoms in total. The highest BCUT2D eigenvalue weighted by molar-refractivity contribution is 5.07. The lowest BCUT2D eigenvalue weighted by molar-refractivity contribution is 0.721. The Balaban J connectivity index is 2.98. The molecule has 0 aromatic carbocycles. The van der Waals surface area contributed by atoms with E-state index in [1.165, 1.54) is 0 Å². The van der Waals surface area contributed by atoms with Crippen molar-refractivity contribution in [3.05, 3.63) is 17.5 Å². The summed E-state index contributed by atoms with van der Waals surface area (Å²) in [5, 5.41) is 4.12. The summed E-state index contributed by atoms with van der Waals surface area (Å²) < 4.78 is 1.82. The molecule has 0 radical (unpaired) electrons. The van der Waals surface area contributed by atoms with E-state index in [-0.39, 0.29) is 0 Å². The second-order valence-electron chi connectivity index (χ2n) is 2.10. The van der Waals surface area contributed by atoms with Crippen LogP contribution in [0.15, 0.2) is 6.07 Å². The van der Waals surface area contributed by atoms with Gasteiger partial charge in [-0.1, -0.05) is 0 Å². The van der Waals surface area contributed by atoms with Crippen LogP contribution in [0.25, 0.3) is 0 Å². The van der Waals surface area contributed by atoms with Gasteiger partial charge in [0.05, 0.1) is 5.69 Å². The molecule has 1 aromatic rings. The number of aromatic nitrogens is 2. The summed E-state index contributed by atoms with van der Waals surface area (Å²) in [6.07, 6.45) is 0. The minimum Gasteiger partial charge on any atom is -0.325 e. The van der Waals surface area contributed by atoms with Gasteiger partial charge in [-0.15, -0.1) is 0 Å². The molecule has 50 valence electrons. The van der Waals surface area contributed by atoms with Crippen LogP contribution >= 0.6 is 0 Å². The molecule has 0 saturated heterocycles. The first-order valence-electron chi connectivity index (χ1n) is 2.93. The van der Waals surface area contributed by atoms with E-state index in [2.05, 4.69) is 5.10 Å². The number of aryl methyl sites for hydroxylation is 2. The SMILES string of the molecule is Cc1cc(CN)nn1C. The molecule has 0 aliphatic carbocycles. The highest BCUT2D eigenvalue weighted by Crippen LogP contribution is 1.98. The molecule has 0 aliphatic heterocycles. The van der Waals surface area contributed by atoms with Crippen molar-refractivity contribution in [1.82, 2.24) is 9.78 Å². The fourth-order valence-electron chi connectivity index (χ4n) is 0.735. The number of hydrogen-bond acceptors (Lipinski definition) is 2. The van der Waals surface area contributed by atoms with Gasteiger partial charge < -0.3 is 5.73 Å². The number of hydrogen-bond donors (Lipinski definition) is 1. The zero-order chi connectivity index (χ0) is 6.85. The molecular formula is C6H11N3. The van der Waals surface area contributed by atoms with E-state index in [1.54, 1.807) is 0 Å². The van der Waals surface area contributed by atoms with Gasteiger partial charge in [0.2, 0.25) is 0 Å². The number of nitrogens with zero attached hydrogens (tertiary/aromatic N) is 2. The minimum absolute atomic E-state index is 0.529. The number of rotatable bonds is 1. The van der Waals surface area contributed by atoms with Gasteiger partial charge in [0.1, 0.15) is 0 Å². The molecule has 0 amide bonds. The Morgan fingerprint density at radius 3 is 2.67 bits per heavy atom. The largest absolute Gasteiger partial charge is 0.325 e. The zero-order valence-electron chi connectivity index (χ0n) is 5.76. The standard InChI is InChI=1S/C6H11N3/c1-5-3-6(4-7)8-9(5)2/h3H,4,7H2,1-2H3. The normalized spacial score (nSPS) is 10.1. The van der Waals surface area contributed by atoms with E-state index >= 15 is 0 Å². The molecule has 1 rings (SSSR count). The van der Waals surface area contributed by atoms with Crippen LogP contribution in [0.1, 0.15) is 11.4 Å². The summed E-state index contributed by atoms with van der Waals surface area (Å²) >= 11 is 0. The Labute approximate surface area is 54.5 Å². The van der Waals surface area contributed by atoms with Gasteiger partial charge in [-0.05, 0) is 13.0 Å². The summed E-state index contributed by atoms with van der Waals surface area (Å²) in [6.45, 7) is 2.54. The van der Waals surface area contributed by atoms with Gasteiger partial charge in [-0.2, -0.15) is 5.10 Å². The summed E-state index contributed by atoms with van der Waals surface area (Å²) in [5.41, 5.74) is 7.46. The summed E-state index contributed by atoms with van der Waals surface area (Å²) in [5.74, 6) is 0. The fourth-order valence-corrected chi connectivity index (χ4v) is 0.735. The third kappa shape index (κ3) is 1.10. The second kappa shape index (κ2) is 2.19. The maximum atomic E-state index is 5.36. The van der Waals surface area contributed by atoms with E-state index in [9.17, 15) is 0 Å². The average molecular weight is 125 g/mol. The van der Waals surface area contributed by atoms with Gasteiger partial charge in [-0.3, -0.25) is 4.68 Å². The van der Waals surface area contributed by atoms with Crippen molar-refractivity contribution in [2.24, 2.45) is 12.8 Å². The van der Waals surface area contributed by atoms with Crippen LogP contribution in [0, 0.1) is 6.92 Å². The maximum absolute atomic E-state index is 5.36. The first kappa shape index (κ1) is 6.29. The third-order valence-corrected chi connectivity index (χ3v) is 1.37. The lowest BCUT2D eigenvalue weighted by atomic mass is 10.4. The van der Waals surface area contributed by atoms with Gasteiger partial charge in [0, 0.05) is 19.3 Å². The van der Waals surface area contributed by atoms with Crippen molar-refractivity contribution in [2.45, 2.75) is 13.5 Å². The molecule has 0 bridgehead atoms. The smallest absolute Gasteiger partial charge is 0.0762 e. The van der Waals surface area contributed by atoms with Crippen molar-refractivity contribution in [3.63, 3.8) is 0 Å². The summed E-state index contributed by atoms with van der Waals surface area (Å²) in [6, 6.07) is 1.99. The van der Waals surface area contributed by atoms with Gasteiger partial charge in [0.25, 0.3) is 0 Å². The Hall–Kier alpha value is -0.830. The fraction of sp³-hybridized carbons (Fsp3) is 0.500. The molecule has 0 spiro atoms. The molecule has 9 heavy (non-hydrogen) atoms. The Morgan fingerprint density at radius 2 is 2.44 bits per heavy atom. The first-order valence-corrected chi connectivity index (χ1v) is 2.93. The number of nitrogens with two attached hydrogens (primary N) is 1. The highest BCUT2D eigenvalue weighted by atomic mass is 15.3. The van der Waals surface area contributed by atoms with Crippen LogP contribution in [-0.4, -0.2) is 9.78 Å². The third-order valence-electron chi connectivity index (χ3n) is 1.37. The van der Waals surface area contributed by atoms with Gasteiger partial charge >= 0.3 is 0 Å². The summed E-state index contributed by atoms with van der Waals surface area (Å²) in [7, 11) is 1.91. The lowest BCUT2D eigenvalue weighted by Crippen LogP contribution is -1.98. The predicted octanol–water partition coefficient (Wildman–Crippen LogP) is 0.187. The van der Waals surface area contributed by atoms with Crippen LogP contribution in [0.4, 0.5) is 0 Å². The molecular weight excluding hydrogens is 114 g/mol. The topological polar surface area (TPSA) is 43.8 Å². The van der Waals surface area contributed by atoms with E-state index in [1.807, 2.05) is 24.7 Å². The molecule has 0 atom stereocenters. The molecule has 1 heterocycles. The Bertz CT molecular complexity index is 183. The quantitative estimate of drug-likeness (QED) is 0.582. The average Bonchev–Trinajstić information content (AvgIpc) is 2.13. The van der Waals surface area contributed by atoms with E-state index in [0.29, 0.717) is 6.54 Å². The monoisotopic (exact) mass is 125 g/mol. The molecule has 0 saturated carbocycles. The lowest BCUT2D eigenvalue weighted by Gasteiger charge is -1.88. The maximum Gasteiger partial charge on any atom is 0.0762 e.